The molecule has 3 heteroatoms. The number of hydrogen-bond donors (Lipinski definition) is 2. The van der Waals surface area contributed by atoms with Gasteiger partial charge in [-0.25, -0.2) is 0 Å². The summed E-state index contributed by atoms with van der Waals surface area (Å²) in [5, 5.41) is 0. The number of nitrogens with zero attached hydrogens (tertiary/aromatic N) is 1. The van der Waals surface area contributed by atoms with Crippen LogP contribution in [0.2, 0.25) is 0 Å². The van der Waals surface area contributed by atoms with Crippen molar-refractivity contribution < 1.29 is 0 Å². The van der Waals surface area contributed by atoms with Crippen molar-refractivity contribution in [2.75, 3.05) is 26.7 Å². The van der Waals surface area contributed by atoms with Gasteiger partial charge in [0.2, 0.25) is 0 Å². The third kappa shape index (κ3) is 2.93. The van der Waals surface area contributed by atoms with Crippen molar-refractivity contribution in [2.45, 2.75) is 32.7 Å². The molecule has 13 heavy (non-hydrogen) atoms. The normalized spacial score (nSPS) is 34.4. The van der Waals surface area contributed by atoms with Gasteiger partial charge in [-0.05, 0) is 32.4 Å². The van der Waals surface area contributed by atoms with Crippen molar-refractivity contribution in [2.24, 2.45) is 5.92 Å². The largest absolute Gasteiger partial charge is 0.305 e. The Labute approximate surface area is 81.8 Å². The van der Waals surface area contributed by atoms with Crippen LogP contribution in [0, 0.1) is 5.92 Å². The predicted octanol–water partition coefficient (Wildman–Crippen LogP) is 0.831. The van der Waals surface area contributed by atoms with Gasteiger partial charge in [0.1, 0.15) is 0 Å². The minimum Gasteiger partial charge on any atom is -0.305 e. The van der Waals surface area contributed by atoms with Crippen LogP contribution < -0.4 is 10.9 Å². The first-order valence-corrected chi connectivity index (χ1v) is 5.53. The second kappa shape index (κ2) is 5.58. The molecule has 2 aliphatic heterocycles. The van der Waals surface area contributed by atoms with Crippen molar-refractivity contribution in [3.8, 4) is 0 Å². The van der Waals surface area contributed by atoms with Crippen molar-refractivity contribution in [1.29, 1.82) is 0 Å². The van der Waals surface area contributed by atoms with Crippen LogP contribution in [0.4, 0.5) is 0 Å². The maximum Gasteiger partial charge on any atom is 0.0369 e. The molecule has 3 nitrogen and oxygen atoms in total. The molecule has 0 aliphatic carbocycles. The maximum absolute atomic E-state index is 3.36. The monoisotopic (exact) mass is 185 g/mol. The highest BCUT2D eigenvalue weighted by atomic mass is 15.4. The molecule has 78 valence electrons. The number of piperidine rings is 1. The lowest BCUT2D eigenvalue weighted by atomic mass is 9.88. The van der Waals surface area contributed by atoms with Gasteiger partial charge in [0.25, 0.3) is 0 Å². The second-order valence-electron chi connectivity index (χ2n) is 3.78. The van der Waals surface area contributed by atoms with Crippen LogP contribution in [0.3, 0.4) is 0 Å². The quantitative estimate of drug-likeness (QED) is 0.585. The molecule has 2 heterocycles. The van der Waals surface area contributed by atoms with E-state index in [1.807, 2.05) is 13.8 Å². The van der Waals surface area contributed by atoms with Gasteiger partial charge in [-0.15, -0.1) is 0 Å². The third-order valence-corrected chi connectivity index (χ3v) is 2.89. The number of rotatable bonds is 0. The first-order chi connectivity index (χ1) is 6.36. The number of hydrogen-bond acceptors (Lipinski definition) is 3. The second-order valence-corrected chi connectivity index (χ2v) is 3.78. The van der Waals surface area contributed by atoms with Gasteiger partial charge in [-0.3, -0.25) is 10.9 Å². The van der Waals surface area contributed by atoms with Gasteiger partial charge >= 0.3 is 0 Å². The number of likely N-dealkylation sites (tertiary alicyclic amines) is 1. The molecule has 2 atom stereocenters. The van der Waals surface area contributed by atoms with Gasteiger partial charge < -0.3 is 4.90 Å². The Hall–Kier alpha value is -0.120. The molecule has 2 unspecified atom stereocenters. The Kier molecular flexibility index (Phi) is 4.70. The zero-order valence-corrected chi connectivity index (χ0v) is 9.14. The van der Waals surface area contributed by atoms with Crippen LogP contribution in [0.5, 0.6) is 0 Å². The molecule has 2 saturated heterocycles. The average Bonchev–Trinajstić information content (AvgIpc) is 2.21. The molecular formula is C10H23N3. The third-order valence-electron chi connectivity index (χ3n) is 2.89. The van der Waals surface area contributed by atoms with Crippen LogP contribution in [0.15, 0.2) is 0 Å². The molecule has 0 aromatic heterocycles. The van der Waals surface area contributed by atoms with E-state index in [0.29, 0.717) is 6.04 Å². The number of likely N-dealkylation sites (N-methyl/N-ethyl adjacent to an activating group) is 1. The smallest absolute Gasteiger partial charge is 0.0369 e. The molecule has 2 N–H and O–H groups in total. The fourth-order valence-corrected chi connectivity index (χ4v) is 2.13. The van der Waals surface area contributed by atoms with Crippen molar-refractivity contribution in [1.82, 2.24) is 15.8 Å². The highest BCUT2D eigenvalue weighted by Gasteiger charge is 2.29. The first-order valence-electron chi connectivity index (χ1n) is 5.53. The Morgan fingerprint density at radius 3 is 2.77 bits per heavy atom. The number of nitrogens with one attached hydrogen (secondary N) is 2. The van der Waals surface area contributed by atoms with Crippen molar-refractivity contribution in [3.05, 3.63) is 0 Å². The van der Waals surface area contributed by atoms with E-state index in [9.17, 15) is 0 Å². The van der Waals surface area contributed by atoms with Gasteiger partial charge in [-0.1, -0.05) is 13.8 Å². The van der Waals surface area contributed by atoms with E-state index < -0.39 is 0 Å². The van der Waals surface area contributed by atoms with Gasteiger partial charge in [0.05, 0.1) is 0 Å². The first kappa shape index (κ1) is 11.0. The Morgan fingerprint density at radius 1 is 1.23 bits per heavy atom. The summed E-state index contributed by atoms with van der Waals surface area (Å²) in [6, 6.07) is 0.697. The highest BCUT2D eigenvalue weighted by molar-refractivity contribution is 4.86. The van der Waals surface area contributed by atoms with Crippen LogP contribution in [0.1, 0.15) is 26.7 Å². The zero-order chi connectivity index (χ0) is 9.68. The Bertz CT molecular complexity index is 138. The van der Waals surface area contributed by atoms with E-state index in [-0.39, 0.29) is 0 Å². The number of fused-ring (bicyclic) bond motifs is 1. The Morgan fingerprint density at radius 2 is 2.00 bits per heavy atom. The van der Waals surface area contributed by atoms with Crippen LogP contribution in [-0.4, -0.2) is 37.6 Å². The number of hydrazine groups is 1. The zero-order valence-electron chi connectivity index (χ0n) is 9.14. The summed E-state index contributed by atoms with van der Waals surface area (Å²) < 4.78 is 0. The van der Waals surface area contributed by atoms with E-state index in [2.05, 4.69) is 22.8 Å². The lowest BCUT2D eigenvalue weighted by molar-refractivity contribution is 0.123. The van der Waals surface area contributed by atoms with E-state index in [0.717, 1.165) is 12.5 Å². The van der Waals surface area contributed by atoms with Crippen LogP contribution >= 0.6 is 0 Å². The van der Waals surface area contributed by atoms with Crippen LogP contribution in [-0.2, 0) is 0 Å². The average molecular weight is 185 g/mol. The van der Waals surface area contributed by atoms with E-state index in [4.69, 9.17) is 0 Å². The maximum atomic E-state index is 3.36. The summed E-state index contributed by atoms with van der Waals surface area (Å²) in [5.41, 5.74) is 6.59. The van der Waals surface area contributed by atoms with Gasteiger partial charge in [-0.2, -0.15) is 0 Å². The topological polar surface area (TPSA) is 27.3 Å². The van der Waals surface area contributed by atoms with Crippen LogP contribution in [0.25, 0.3) is 0 Å². The SMILES string of the molecule is CC.CN1CCC2CCNNC2C1. The standard InChI is InChI=1S/C8H17N3.C2H6/c1-11-5-3-7-2-4-9-10-8(7)6-11;1-2/h7-10H,2-6H2,1H3;1-2H3. The molecule has 0 bridgehead atoms. The molecule has 0 spiro atoms. The summed E-state index contributed by atoms with van der Waals surface area (Å²) in [6.07, 6.45) is 2.72. The fraction of sp³-hybridized carbons (Fsp3) is 1.00. The van der Waals surface area contributed by atoms with Crippen molar-refractivity contribution >= 4 is 0 Å². The molecule has 0 saturated carbocycles. The molecule has 0 amide bonds. The van der Waals surface area contributed by atoms with Gasteiger partial charge in [0.15, 0.2) is 0 Å². The summed E-state index contributed by atoms with van der Waals surface area (Å²) in [7, 11) is 2.20. The minimum atomic E-state index is 0.697. The highest BCUT2D eigenvalue weighted by Crippen LogP contribution is 2.21. The lowest BCUT2D eigenvalue weighted by Crippen LogP contribution is -2.58. The van der Waals surface area contributed by atoms with E-state index in [1.54, 1.807) is 0 Å². The summed E-state index contributed by atoms with van der Waals surface area (Å²) >= 11 is 0. The van der Waals surface area contributed by atoms with Gasteiger partial charge in [0, 0.05) is 19.1 Å². The predicted molar refractivity (Wildman–Crippen MR) is 56.5 cm³/mol. The van der Waals surface area contributed by atoms with Crippen molar-refractivity contribution in [3.63, 3.8) is 0 Å². The molecule has 0 aromatic rings. The molecule has 2 fully saturated rings. The minimum absolute atomic E-state index is 0.697. The summed E-state index contributed by atoms with van der Waals surface area (Å²) in [5.74, 6) is 0.924. The van der Waals surface area contributed by atoms with E-state index >= 15 is 0 Å². The molecule has 0 radical (unpaired) electrons. The molecule has 0 aromatic carbocycles. The molecule has 2 aliphatic rings. The summed E-state index contributed by atoms with van der Waals surface area (Å²) in [4.78, 5) is 2.40. The Balaban J connectivity index is 0.000000396. The van der Waals surface area contributed by atoms with E-state index in [1.165, 1.54) is 25.9 Å². The summed E-state index contributed by atoms with van der Waals surface area (Å²) in [6.45, 7) is 7.63. The molecule has 2 rings (SSSR count). The lowest BCUT2D eigenvalue weighted by Gasteiger charge is -2.40. The fourth-order valence-electron chi connectivity index (χ4n) is 2.13. The molecular weight excluding hydrogens is 162 g/mol.